The molecule has 0 amide bonds. The predicted octanol–water partition coefficient (Wildman–Crippen LogP) is 3.03. The minimum absolute atomic E-state index is 0. The summed E-state index contributed by atoms with van der Waals surface area (Å²) in [6.45, 7) is 3.87. The van der Waals surface area contributed by atoms with E-state index in [1.807, 2.05) is 30.2 Å². The molecule has 0 saturated carbocycles. The van der Waals surface area contributed by atoms with Gasteiger partial charge in [-0.1, -0.05) is 30.3 Å². The van der Waals surface area contributed by atoms with E-state index in [0.717, 1.165) is 38.1 Å². The molecule has 5 nitrogen and oxygen atoms in total. The lowest BCUT2D eigenvalue weighted by molar-refractivity contribution is 0.259. The van der Waals surface area contributed by atoms with Gasteiger partial charge in [0.15, 0.2) is 5.96 Å². The van der Waals surface area contributed by atoms with E-state index in [0.29, 0.717) is 0 Å². The number of piperidine rings is 1. The minimum atomic E-state index is 0. The smallest absolute Gasteiger partial charge is 0.193 e. The highest BCUT2D eigenvalue weighted by atomic mass is 127. The number of likely N-dealkylation sites (tertiary alicyclic amines) is 1. The van der Waals surface area contributed by atoms with Crippen molar-refractivity contribution < 1.29 is 0 Å². The fourth-order valence-electron chi connectivity index (χ4n) is 3.34. The first-order valence-electron chi connectivity index (χ1n) is 8.82. The molecule has 1 N–H and O–H groups in total. The van der Waals surface area contributed by atoms with E-state index < -0.39 is 0 Å². The van der Waals surface area contributed by atoms with Crippen LogP contribution < -0.4 is 5.32 Å². The van der Waals surface area contributed by atoms with Crippen LogP contribution in [0.1, 0.15) is 18.4 Å². The first-order chi connectivity index (χ1) is 11.8. The summed E-state index contributed by atoms with van der Waals surface area (Å²) in [5.41, 5.74) is 1.46. The van der Waals surface area contributed by atoms with Crippen LogP contribution >= 0.6 is 24.0 Å². The molecule has 2 heterocycles. The molecular weight excluding hydrogens is 425 g/mol. The second-order valence-electron chi connectivity index (χ2n) is 6.36. The molecule has 1 aromatic carbocycles. The number of aromatic nitrogens is 2. The van der Waals surface area contributed by atoms with Crippen LogP contribution in [0.5, 0.6) is 0 Å². The van der Waals surface area contributed by atoms with Gasteiger partial charge in [-0.2, -0.15) is 5.10 Å². The zero-order chi connectivity index (χ0) is 16.6. The summed E-state index contributed by atoms with van der Waals surface area (Å²) < 4.78 is 1.94. The molecule has 0 atom stereocenters. The van der Waals surface area contributed by atoms with Gasteiger partial charge in [-0.15, -0.1) is 24.0 Å². The lowest BCUT2D eigenvalue weighted by Gasteiger charge is -2.34. The van der Waals surface area contributed by atoms with Crippen LogP contribution in [0.3, 0.4) is 0 Å². The quantitative estimate of drug-likeness (QED) is 0.430. The Morgan fingerprint density at radius 2 is 1.96 bits per heavy atom. The molecule has 0 radical (unpaired) electrons. The molecule has 136 valence electrons. The Morgan fingerprint density at radius 3 is 2.60 bits per heavy atom. The van der Waals surface area contributed by atoms with Gasteiger partial charge in [0.1, 0.15) is 0 Å². The molecule has 0 spiro atoms. The first-order valence-corrected chi connectivity index (χ1v) is 8.82. The van der Waals surface area contributed by atoms with Gasteiger partial charge in [0.25, 0.3) is 0 Å². The zero-order valence-electron chi connectivity index (χ0n) is 14.8. The topological polar surface area (TPSA) is 45.5 Å². The van der Waals surface area contributed by atoms with Crippen molar-refractivity contribution in [1.29, 1.82) is 0 Å². The fourth-order valence-corrected chi connectivity index (χ4v) is 3.34. The molecule has 6 heteroatoms. The van der Waals surface area contributed by atoms with Crippen molar-refractivity contribution >= 4 is 29.9 Å². The van der Waals surface area contributed by atoms with Gasteiger partial charge < -0.3 is 10.2 Å². The number of benzene rings is 1. The summed E-state index contributed by atoms with van der Waals surface area (Å²) in [6, 6.07) is 12.8. The van der Waals surface area contributed by atoms with Gasteiger partial charge in [0.05, 0.1) is 6.54 Å². The van der Waals surface area contributed by atoms with E-state index in [1.165, 1.54) is 24.8 Å². The molecule has 1 aliphatic rings. The number of nitrogens with one attached hydrogen (secondary N) is 1. The Bertz CT molecular complexity index is 619. The Labute approximate surface area is 167 Å². The van der Waals surface area contributed by atoms with E-state index >= 15 is 0 Å². The Balaban J connectivity index is 0.00000225. The van der Waals surface area contributed by atoms with E-state index in [1.54, 1.807) is 0 Å². The van der Waals surface area contributed by atoms with Gasteiger partial charge in [-0.3, -0.25) is 9.67 Å². The summed E-state index contributed by atoms with van der Waals surface area (Å²) in [5.74, 6) is 1.80. The number of rotatable bonds is 5. The molecule has 25 heavy (non-hydrogen) atoms. The Hall–Kier alpha value is -1.57. The molecule has 1 aliphatic heterocycles. The summed E-state index contributed by atoms with van der Waals surface area (Å²) >= 11 is 0. The second kappa shape index (κ2) is 10.4. The van der Waals surface area contributed by atoms with Gasteiger partial charge in [-0.05, 0) is 36.8 Å². The molecule has 2 aromatic rings. The van der Waals surface area contributed by atoms with Crippen molar-refractivity contribution in [2.75, 3.05) is 26.7 Å². The standard InChI is InChI=1S/C19H27N5.HI/c1-20-19(21-11-15-24-12-5-10-22-24)23-13-8-18(9-14-23)16-17-6-3-2-4-7-17;/h2-7,10,12,18H,8-9,11,13-16H2,1H3,(H,20,21);1H. The van der Waals surface area contributed by atoms with Crippen LogP contribution in [0.15, 0.2) is 53.8 Å². The molecule has 1 fully saturated rings. The summed E-state index contributed by atoms with van der Waals surface area (Å²) in [7, 11) is 1.87. The van der Waals surface area contributed by atoms with E-state index in [2.05, 4.69) is 50.6 Å². The molecular formula is C19H28IN5. The molecule has 1 aromatic heterocycles. The lowest BCUT2D eigenvalue weighted by atomic mass is 9.90. The van der Waals surface area contributed by atoms with Gasteiger partial charge in [-0.25, -0.2) is 0 Å². The maximum atomic E-state index is 4.44. The number of nitrogens with zero attached hydrogens (tertiary/aromatic N) is 4. The summed E-state index contributed by atoms with van der Waals surface area (Å²) in [5, 5.41) is 7.68. The third-order valence-electron chi connectivity index (χ3n) is 4.68. The molecule has 0 bridgehead atoms. The maximum Gasteiger partial charge on any atom is 0.193 e. The highest BCUT2D eigenvalue weighted by molar-refractivity contribution is 14.0. The minimum Gasteiger partial charge on any atom is -0.354 e. The fraction of sp³-hybridized carbons (Fsp3) is 0.474. The number of aliphatic imine (C=N–C) groups is 1. The van der Waals surface area contributed by atoms with Gasteiger partial charge in [0.2, 0.25) is 0 Å². The van der Waals surface area contributed by atoms with Crippen LogP contribution in [-0.2, 0) is 13.0 Å². The lowest BCUT2D eigenvalue weighted by Crippen LogP contribution is -2.46. The third-order valence-corrected chi connectivity index (χ3v) is 4.68. The Morgan fingerprint density at radius 1 is 1.20 bits per heavy atom. The van der Waals surface area contributed by atoms with Crippen molar-refractivity contribution in [3.05, 3.63) is 54.4 Å². The monoisotopic (exact) mass is 453 g/mol. The normalized spacial score (nSPS) is 15.7. The summed E-state index contributed by atoms with van der Waals surface area (Å²) in [6.07, 6.45) is 7.45. The van der Waals surface area contributed by atoms with E-state index in [9.17, 15) is 0 Å². The number of hydrogen-bond acceptors (Lipinski definition) is 2. The van der Waals surface area contributed by atoms with E-state index in [-0.39, 0.29) is 24.0 Å². The van der Waals surface area contributed by atoms with Crippen molar-refractivity contribution in [1.82, 2.24) is 20.0 Å². The third kappa shape index (κ3) is 6.02. The summed E-state index contributed by atoms with van der Waals surface area (Å²) in [4.78, 5) is 6.82. The van der Waals surface area contributed by atoms with Crippen LogP contribution in [0, 0.1) is 5.92 Å². The first kappa shape index (κ1) is 19.8. The second-order valence-corrected chi connectivity index (χ2v) is 6.36. The average Bonchev–Trinajstić information content (AvgIpc) is 3.14. The number of halogens is 1. The van der Waals surface area contributed by atoms with Crippen molar-refractivity contribution in [2.45, 2.75) is 25.8 Å². The SMILES string of the molecule is CN=C(NCCn1cccn1)N1CCC(Cc2ccccc2)CC1.I. The van der Waals surface area contributed by atoms with Crippen LogP contribution in [-0.4, -0.2) is 47.3 Å². The zero-order valence-corrected chi connectivity index (χ0v) is 17.2. The van der Waals surface area contributed by atoms with E-state index in [4.69, 9.17) is 0 Å². The maximum absolute atomic E-state index is 4.44. The molecule has 1 saturated heterocycles. The highest BCUT2D eigenvalue weighted by Crippen LogP contribution is 2.21. The van der Waals surface area contributed by atoms with Crippen LogP contribution in [0.4, 0.5) is 0 Å². The van der Waals surface area contributed by atoms with Gasteiger partial charge >= 0.3 is 0 Å². The van der Waals surface area contributed by atoms with Crippen LogP contribution in [0.25, 0.3) is 0 Å². The van der Waals surface area contributed by atoms with Crippen molar-refractivity contribution in [3.8, 4) is 0 Å². The van der Waals surface area contributed by atoms with Crippen molar-refractivity contribution in [3.63, 3.8) is 0 Å². The largest absolute Gasteiger partial charge is 0.354 e. The number of guanidine groups is 1. The number of hydrogen-bond donors (Lipinski definition) is 1. The van der Waals surface area contributed by atoms with Gasteiger partial charge in [0, 0.05) is 39.1 Å². The predicted molar refractivity (Wildman–Crippen MR) is 113 cm³/mol. The Kier molecular flexibility index (Phi) is 8.24. The van der Waals surface area contributed by atoms with Crippen LogP contribution in [0.2, 0.25) is 0 Å². The molecule has 0 aliphatic carbocycles. The molecule has 0 unspecified atom stereocenters. The molecule has 3 rings (SSSR count). The highest BCUT2D eigenvalue weighted by Gasteiger charge is 2.21. The van der Waals surface area contributed by atoms with Crippen molar-refractivity contribution in [2.24, 2.45) is 10.9 Å². The average molecular weight is 453 g/mol.